The molecule has 1 aromatic carbocycles. The molecule has 29 heavy (non-hydrogen) atoms. The van der Waals surface area contributed by atoms with Crippen LogP contribution in [0.4, 0.5) is 10.5 Å². The molecular formula is C21H26ClN3O4. The summed E-state index contributed by atoms with van der Waals surface area (Å²) >= 11 is 6.53. The number of carbonyl (C=O) groups is 2. The summed E-state index contributed by atoms with van der Waals surface area (Å²) in [6, 6.07) is 3.17. The molecule has 1 aromatic heterocycles. The number of anilines is 1. The van der Waals surface area contributed by atoms with E-state index in [1.807, 2.05) is 6.92 Å². The maximum Gasteiger partial charge on any atom is 0.319 e. The van der Waals surface area contributed by atoms with Crippen molar-refractivity contribution < 1.29 is 19.1 Å². The number of aliphatic hydroxyl groups excluding tert-OH is 1. The summed E-state index contributed by atoms with van der Waals surface area (Å²) in [5.74, 6) is -0.0401. The second kappa shape index (κ2) is 7.88. The van der Waals surface area contributed by atoms with Gasteiger partial charge in [-0.15, -0.1) is 0 Å². The second-order valence-electron chi connectivity index (χ2n) is 7.88. The number of hydrogen-bond donors (Lipinski definition) is 3. The lowest BCUT2D eigenvalue weighted by Gasteiger charge is -2.42. The molecular weight excluding hydrogens is 394 g/mol. The third-order valence-corrected chi connectivity index (χ3v) is 6.20. The van der Waals surface area contributed by atoms with Gasteiger partial charge in [0.15, 0.2) is 5.76 Å². The highest BCUT2D eigenvalue weighted by Crippen LogP contribution is 2.49. The van der Waals surface area contributed by atoms with E-state index in [4.69, 9.17) is 16.0 Å². The lowest BCUT2D eigenvalue weighted by Crippen LogP contribution is -2.52. The van der Waals surface area contributed by atoms with Crippen LogP contribution in [0.15, 0.2) is 16.5 Å². The Morgan fingerprint density at radius 1 is 1.28 bits per heavy atom. The van der Waals surface area contributed by atoms with Crippen molar-refractivity contribution in [3.63, 3.8) is 0 Å². The maximum absolute atomic E-state index is 13.0. The van der Waals surface area contributed by atoms with E-state index in [2.05, 4.69) is 10.6 Å². The molecule has 1 fully saturated rings. The molecule has 4 rings (SSSR count). The van der Waals surface area contributed by atoms with Crippen LogP contribution in [0.3, 0.4) is 0 Å². The number of nitrogens with one attached hydrogen (secondary N) is 2. The number of aliphatic hydroxyl groups is 1. The standard InChI is InChI=1S/C21H26ClN3O4/c1-2-8-25(9-10-26)19(27)15-12-13-11-14(22)17-16(18(13)29-15)21(24-20(28)23-17)6-4-3-5-7-21/h11-12,26H,2-10H2,1H3,(H2,23,24,28). The largest absolute Gasteiger partial charge is 0.450 e. The Balaban J connectivity index is 1.85. The molecule has 2 heterocycles. The van der Waals surface area contributed by atoms with Crippen LogP contribution in [0.1, 0.15) is 61.6 Å². The lowest BCUT2D eigenvalue weighted by atomic mass is 9.74. The van der Waals surface area contributed by atoms with Gasteiger partial charge in [0.1, 0.15) is 5.58 Å². The van der Waals surface area contributed by atoms with Gasteiger partial charge in [0.25, 0.3) is 5.91 Å². The Hall–Kier alpha value is -2.25. The van der Waals surface area contributed by atoms with Gasteiger partial charge in [0.05, 0.1) is 22.9 Å². The van der Waals surface area contributed by atoms with Gasteiger partial charge in [-0.05, 0) is 31.4 Å². The number of fused-ring (bicyclic) bond motifs is 4. The maximum atomic E-state index is 13.0. The van der Waals surface area contributed by atoms with Gasteiger partial charge in [-0.1, -0.05) is 37.8 Å². The van der Waals surface area contributed by atoms with E-state index in [1.54, 1.807) is 17.0 Å². The predicted molar refractivity (Wildman–Crippen MR) is 111 cm³/mol. The van der Waals surface area contributed by atoms with Crippen LogP contribution >= 0.6 is 11.6 Å². The third-order valence-electron chi connectivity index (χ3n) is 5.90. The van der Waals surface area contributed by atoms with E-state index < -0.39 is 5.54 Å². The minimum Gasteiger partial charge on any atom is -0.450 e. The molecule has 3 amide bonds. The molecule has 1 saturated carbocycles. The number of carbonyl (C=O) groups excluding carboxylic acids is 2. The number of urea groups is 1. The van der Waals surface area contributed by atoms with Gasteiger partial charge in [0.2, 0.25) is 0 Å². The van der Waals surface area contributed by atoms with E-state index in [9.17, 15) is 14.7 Å². The number of nitrogens with zero attached hydrogens (tertiary/aromatic N) is 1. The molecule has 0 saturated heterocycles. The summed E-state index contributed by atoms with van der Waals surface area (Å²) in [5, 5.41) is 16.4. The van der Waals surface area contributed by atoms with Gasteiger partial charge in [-0.3, -0.25) is 4.79 Å². The zero-order chi connectivity index (χ0) is 20.6. The van der Waals surface area contributed by atoms with Crippen LogP contribution in [-0.4, -0.2) is 41.6 Å². The minimum absolute atomic E-state index is 0.105. The fraction of sp³-hybridized carbons (Fsp3) is 0.524. The molecule has 8 heteroatoms. The van der Waals surface area contributed by atoms with Gasteiger partial charge in [-0.2, -0.15) is 0 Å². The van der Waals surface area contributed by atoms with Crippen molar-refractivity contribution in [2.75, 3.05) is 25.0 Å². The molecule has 0 unspecified atom stereocenters. The van der Waals surface area contributed by atoms with Crippen molar-refractivity contribution in [2.45, 2.75) is 51.0 Å². The Bertz CT molecular complexity index is 943. The van der Waals surface area contributed by atoms with Crippen molar-refractivity contribution in [3.05, 3.63) is 28.5 Å². The first-order valence-electron chi connectivity index (χ1n) is 10.2. The highest BCUT2D eigenvalue weighted by molar-refractivity contribution is 6.35. The number of hydrogen-bond acceptors (Lipinski definition) is 4. The van der Waals surface area contributed by atoms with Crippen LogP contribution in [0.5, 0.6) is 0 Å². The lowest BCUT2D eigenvalue weighted by molar-refractivity contribution is 0.0692. The van der Waals surface area contributed by atoms with Crippen molar-refractivity contribution in [2.24, 2.45) is 0 Å². The van der Waals surface area contributed by atoms with Crippen molar-refractivity contribution in [3.8, 4) is 0 Å². The molecule has 7 nitrogen and oxygen atoms in total. The van der Waals surface area contributed by atoms with Crippen LogP contribution in [0.2, 0.25) is 5.02 Å². The summed E-state index contributed by atoms with van der Waals surface area (Å²) < 4.78 is 6.10. The summed E-state index contributed by atoms with van der Waals surface area (Å²) in [7, 11) is 0. The van der Waals surface area contributed by atoms with Gasteiger partial charge < -0.3 is 25.1 Å². The summed E-state index contributed by atoms with van der Waals surface area (Å²) in [6.45, 7) is 2.67. The molecule has 3 N–H and O–H groups in total. The first-order chi connectivity index (χ1) is 14.0. The Morgan fingerprint density at radius 3 is 2.72 bits per heavy atom. The number of amides is 3. The first-order valence-corrected chi connectivity index (χ1v) is 10.6. The third kappa shape index (κ3) is 3.46. The highest BCUT2D eigenvalue weighted by Gasteiger charge is 2.44. The summed E-state index contributed by atoms with van der Waals surface area (Å²) in [6.07, 6.45) is 5.52. The number of benzene rings is 1. The van der Waals surface area contributed by atoms with Crippen LogP contribution in [0, 0.1) is 0 Å². The van der Waals surface area contributed by atoms with Gasteiger partial charge in [0, 0.05) is 24.0 Å². The zero-order valence-electron chi connectivity index (χ0n) is 16.5. The number of furan rings is 1. The van der Waals surface area contributed by atoms with Gasteiger partial charge >= 0.3 is 6.03 Å². The predicted octanol–water partition coefficient (Wildman–Crippen LogP) is 4.23. The van der Waals surface area contributed by atoms with Crippen LogP contribution < -0.4 is 10.6 Å². The van der Waals surface area contributed by atoms with E-state index in [0.29, 0.717) is 22.8 Å². The SMILES string of the molecule is CCCN(CCO)C(=O)c1cc2cc(Cl)c3c(c2o1)C1(CCCCC1)NC(=O)N3. The fourth-order valence-electron chi connectivity index (χ4n) is 4.65. The van der Waals surface area contributed by atoms with E-state index in [1.165, 1.54) is 0 Å². The highest BCUT2D eigenvalue weighted by atomic mass is 35.5. The van der Waals surface area contributed by atoms with Crippen LogP contribution in [-0.2, 0) is 5.54 Å². The molecule has 1 aliphatic carbocycles. The normalized spacial score (nSPS) is 17.7. The second-order valence-corrected chi connectivity index (χ2v) is 8.28. The Labute approximate surface area is 174 Å². The van der Waals surface area contributed by atoms with Crippen molar-refractivity contribution >= 4 is 40.2 Å². The molecule has 156 valence electrons. The van der Waals surface area contributed by atoms with Gasteiger partial charge in [-0.25, -0.2) is 4.79 Å². The average molecular weight is 420 g/mol. The monoisotopic (exact) mass is 419 g/mol. The zero-order valence-corrected chi connectivity index (χ0v) is 17.3. The molecule has 2 aromatic rings. The Morgan fingerprint density at radius 2 is 2.03 bits per heavy atom. The molecule has 0 radical (unpaired) electrons. The quantitative estimate of drug-likeness (QED) is 0.676. The topological polar surface area (TPSA) is 94.8 Å². The molecule has 1 spiro atoms. The number of halogens is 1. The first kappa shape index (κ1) is 20.0. The average Bonchev–Trinajstić information content (AvgIpc) is 3.11. The van der Waals surface area contributed by atoms with E-state index in [-0.39, 0.29) is 30.9 Å². The molecule has 0 atom stereocenters. The van der Waals surface area contributed by atoms with Crippen molar-refractivity contribution in [1.29, 1.82) is 0 Å². The number of rotatable bonds is 5. The van der Waals surface area contributed by atoms with E-state index in [0.717, 1.165) is 49.5 Å². The minimum atomic E-state index is -0.536. The molecule has 1 aliphatic heterocycles. The smallest absolute Gasteiger partial charge is 0.319 e. The fourth-order valence-corrected chi connectivity index (χ4v) is 4.91. The Kier molecular flexibility index (Phi) is 5.44. The molecule has 0 bridgehead atoms. The summed E-state index contributed by atoms with van der Waals surface area (Å²) in [4.78, 5) is 26.9. The molecule has 2 aliphatic rings. The van der Waals surface area contributed by atoms with Crippen molar-refractivity contribution in [1.82, 2.24) is 10.2 Å². The van der Waals surface area contributed by atoms with Crippen LogP contribution in [0.25, 0.3) is 11.0 Å². The summed E-state index contributed by atoms with van der Waals surface area (Å²) in [5.41, 5.74) is 1.45. The van der Waals surface area contributed by atoms with E-state index >= 15 is 0 Å².